The summed E-state index contributed by atoms with van der Waals surface area (Å²) in [5.41, 5.74) is 4.77. The third-order valence-electron chi connectivity index (χ3n) is 4.86. The lowest BCUT2D eigenvalue weighted by Gasteiger charge is -2.11. The Morgan fingerprint density at radius 2 is 2.00 bits per heavy atom. The molecule has 32 heavy (non-hydrogen) atoms. The van der Waals surface area contributed by atoms with E-state index in [1.54, 1.807) is 31.3 Å². The summed E-state index contributed by atoms with van der Waals surface area (Å²) < 4.78 is 5.39. The van der Waals surface area contributed by atoms with E-state index in [0.29, 0.717) is 11.7 Å². The number of benzene rings is 2. The highest BCUT2D eigenvalue weighted by atomic mass is 32.2. The molecule has 4 rings (SSSR count). The molecule has 0 aliphatic heterocycles. The first kappa shape index (κ1) is 21.5. The molecule has 160 valence electrons. The molecule has 0 bridgehead atoms. The Bertz CT molecular complexity index is 1260. The fraction of sp³-hybridized carbons (Fsp3) is 0.120. The maximum absolute atomic E-state index is 5.39. The van der Waals surface area contributed by atoms with Gasteiger partial charge >= 0.3 is 0 Å². The summed E-state index contributed by atoms with van der Waals surface area (Å²) in [7, 11) is 1.65. The molecule has 1 N–H and O–H groups in total. The standard InChI is InChI=1S/C25H23N5OS/c1-17-6-8-18(9-7-17)23(26-2)15-32-16-28-25-21-13-20(31-3)10-11-22(21)29-24(30-25)19-5-4-12-27-14-19/h4-15H,2,16H2,1,3H3,(H,28,29,30)/b23-15-. The second kappa shape index (κ2) is 10.1. The maximum atomic E-state index is 5.39. The molecule has 0 atom stereocenters. The molecule has 0 saturated carbocycles. The van der Waals surface area contributed by atoms with E-state index in [1.165, 1.54) is 5.56 Å². The average molecular weight is 442 g/mol. The summed E-state index contributed by atoms with van der Waals surface area (Å²) in [5.74, 6) is 2.70. The molecule has 0 radical (unpaired) electrons. The van der Waals surface area contributed by atoms with E-state index in [9.17, 15) is 0 Å². The van der Waals surface area contributed by atoms with Crippen molar-refractivity contribution in [2.24, 2.45) is 4.99 Å². The van der Waals surface area contributed by atoms with E-state index in [4.69, 9.17) is 14.7 Å². The van der Waals surface area contributed by atoms with Gasteiger partial charge in [0.2, 0.25) is 0 Å². The highest BCUT2D eigenvalue weighted by Crippen LogP contribution is 2.29. The number of thioether (sulfide) groups is 1. The molecular weight excluding hydrogens is 418 g/mol. The second-order valence-corrected chi connectivity index (χ2v) is 7.89. The van der Waals surface area contributed by atoms with Gasteiger partial charge in [0, 0.05) is 28.9 Å². The van der Waals surface area contributed by atoms with Crippen LogP contribution >= 0.6 is 11.8 Å². The lowest BCUT2D eigenvalue weighted by molar-refractivity contribution is 0.415. The summed E-state index contributed by atoms with van der Waals surface area (Å²) >= 11 is 1.59. The summed E-state index contributed by atoms with van der Waals surface area (Å²) in [6, 6.07) is 17.8. The van der Waals surface area contributed by atoms with Crippen molar-refractivity contribution in [1.29, 1.82) is 0 Å². The number of fused-ring (bicyclic) bond motifs is 1. The Balaban J connectivity index is 1.59. The summed E-state index contributed by atoms with van der Waals surface area (Å²) in [6.45, 7) is 5.77. The normalized spacial score (nSPS) is 11.4. The quantitative estimate of drug-likeness (QED) is 0.211. The lowest BCUT2D eigenvalue weighted by Crippen LogP contribution is -2.03. The monoisotopic (exact) mass is 441 g/mol. The number of nitrogens with one attached hydrogen (secondary N) is 1. The predicted octanol–water partition coefficient (Wildman–Crippen LogP) is 5.81. The highest BCUT2D eigenvalue weighted by molar-refractivity contribution is 8.02. The van der Waals surface area contributed by atoms with Gasteiger partial charge in [-0.25, -0.2) is 9.97 Å². The molecule has 0 aliphatic carbocycles. The Labute approximate surface area is 191 Å². The zero-order chi connectivity index (χ0) is 22.3. The minimum atomic E-state index is 0.598. The number of ether oxygens (including phenoxy) is 1. The van der Waals surface area contributed by atoms with Gasteiger partial charge in [-0.3, -0.25) is 9.98 Å². The van der Waals surface area contributed by atoms with Gasteiger partial charge in [0.25, 0.3) is 0 Å². The van der Waals surface area contributed by atoms with E-state index in [0.717, 1.165) is 39.3 Å². The zero-order valence-electron chi connectivity index (χ0n) is 17.9. The molecule has 0 unspecified atom stereocenters. The molecule has 0 amide bonds. The van der Waals surface area contributed by atoms with E-state index < -0.39 is 0 Å². The van der Waals surface area contributed by atoms with E-state index >= 15 is 0 Å². The fourth-order valence-corrected chi connectivity index (χ4v) is 3.82. The maximum Gasteiger partial charge on any atom is 0.163 e. The SMILES string of the molecule is C=N/C(=C\SCNc1nc(-c2cccnc2)nc2ccc(OC)cc12)c1ccc(C)cc1. The Kier molecular flexibility index (Phi) is 6.77. The number of pyridine rings is 1. The molecule has 2 heterocycles. The predicted molar refractivity (Wildman–Crippen MR) is 134 cm³/mol. The van der Waals surface area contributed by atoms with Crippen LogP contribution in [0.1, 0.15) is 11.1 Å². The molecule has 0 spiro atoms. The van der Waals surface area contributed by atoms with Crippen LogP contribution in [0.2, 0.25) is 0 Å². The molecule has 4 aromatic rings. The van der Waals surface area contributed by atoms with Crippen LogP contribution in [0.3, 0.4) is 0 Å². The van der Waals surface area contributed by atoms with Crippen LogP contribution in [0.25, 0.3) is 28.0 Å². The number of aliphatic imine (C=N–C) groups is 1. The van der Waals surface area contributed by atoms with Gasteiger partial charge in [-0.15, -0.1) is 11.8 Å². The van der Waals surface area contributed by atoms with Crippen LogP contribution in [0.4, 0.5) is 5.82 Å². The lowest BCUT2D eigenvalue weighted by atomic mass is 10.1. The number of nitrogens with zero attached hydrogens (tertiary/aromatic N) is 4. The molecule has 6 nitrogen and oxygen atoms in total. The number of methoxy groups -OCH3 is 1. The van der Waals surface area contributed by atoms with Crippen molar-refractivity contribution < 1.29 is 4.74 Å². The minimum absolute atomic E-state index is 0.598. The number of anilines is 1. The van der Waals surface area contributed by atoms with Crippen molar-refractivity contribution >= 4 is 40.9 Å². The van der Waals surface area contributed by atoms with Crippen molar-refractivity contribution in [3.8, 4) is 17.1 Å². The Morgan fingerprint density at radius 3 is 2.72 bits per heavy atom. The molecule has 2 aromatic heterocycles. The van der Waals surface area contributed by atoms with E-state index in [2.05, 4.69) is 41.1 Å². The smallest absolute Gasteiger partial charge is 0.163 e. The van der Waals surface area contributed by atoms with Gasteiger partial charge < -0.3 is 10.1 Å². The molecule has 0 saturated heterocycles. The van der Waals surface area contributed by atoms with Gasteiger partial charge in [0.1, 0.15) is 11.6 Å². The topological polar surface area (TPSA) is 72.3 Å². The van der Waals surface area contributed by atoms with Gasteiger partial charge in [-0.05, 0) is 49.4 Å². The zero-order valence-corrected chi connectivity index (χ0v) is 18.8. The third kappa shape index (κ3) is 4.95. The number of hydrogen-bond acceptors (Lipinski definition) is 7. The number of rotatable bonds is 8. The van der Waals surface area contributed by atoms with E-state index in [1.807, 2.05) is 47.9 Å². The van der Waals surface area contributed by atoms with Crippen molar-refractivity contribution in [3.05, 3.63) is 83.5 Å². The average Bonchev–Trinajstić information content (AvgIpc) is 2.85. The van der Waals surface area contributed by atoms with Gasteiger partial charge in [0.05, 0.1) is 24.2 Å². The number of aromatic nitrogens is 3. The van der Waals surface area contributed by atoms with Gasteiger partial charge in [-0.1, -0.05) is 29.8 Å². The van der Waals surface area contributed by atoms with Crippen LogP contribution in [0.5, 0.6) is 5.75 Å². The Hall–Kier alpha value is -3.71. The van der Waals surface area contributed by atoms with Crippen molar-refractivity contribution in [2.45, 2.75) is 6.92 Å². The summed E-state index contributed by atoms with van der Waals surface area (Å²) in [4.78, 5) is 17.8. The minimum Gasteiger partial charge on any atom is -0.497 e. The number of hydrogen-bond donors (Lipinski definition) is 1. The Morgan fingerprint density at radius 1 is 1.16 bits per heavy atom. The van der Waals surface area contributed by atoms with Gasteiger partial charge in [0.15, 0.2) is 5.82 Å². The first-order valence-corrected chi connectivity index (χ1v) is 11.1. The highest BCUT2D eigenvalue weighted by Gasteiger charge is 2.11. The summed E-state index contributed by atoms with van der Waals surface area (Å²) in [6.07, 6.45) is 3.49. The molecule has 0 fully saturated rings. The molecule has 7 heteroatoms. The first-order valence-electron chi connectivity index (χ1n) is 10.0. The van der Waals surface area contributed by atoms with Crippen molar-refractivity contribution in [3.63, 3.8) is 0 Å². The second-order valence-electron chi connectivity index (χ2n) is 7.04. The molecule has 0 aliphatic rings. The van der Waals surface area contributed by atoms with Crippen LogP contribution < -0.4 is 10.1 Å². The molecular formula is C25H23N5OS. The summed E-state index contributed by atoms with van der Waals surface area (Å²) in [5, 5.41) is 6.31. The van der Waals surface area contributed by atoms with Crippen molar-refractivity contribution in [2.75, 3.05) is 18.3 Å². The first-order chi connectivity index (χ1) is 15.7. The largest absolute Gasteiger partial charge is 0.497 e. The fourth-order valence-electron chi connectivity index (χ4n) is 3.14. The van der Waals surface area contributed by atoms with Crippen LogP contribution in [-0.2, 0) is 0 Å². The number of aryl methyl sites for hydroxylation is 1. The van der Waals surface area contributed by atoms with Crippen LogP contribution in [0.15, 0.2) is 77.4 Å². The van der Waals surface area contributed by atoms with Crippen molar-refractivity contribution in [1.82, 2.24) is 15.0 Å². The molecule has 2 aromatic carbocycles. The van der Waals surface area contributed by atoms with Crippen LogP contribution in [0, 0.1) is 6.92 Å². The van der Waals surface area contributed by atoms with E-state index in [-0.39, 0.29) is 0 Å². The van der Waals surface area contributed by atoms with Gasteiger partial charge in [-0.2, -0.15) is 0 Å². The third-order valence-corrected chi connectivity index (χ3v) is 5.56. The van der Waals surface area contributed by atoms with Crippen LogP contribution in [-0.4, -0.2) is 34.7 Å².